The third kappa shape index (κ3) is 4.60. The number of amides is 1. The van der Waals surface area contributed by atoms with Gasteiger partial charge >= 0.3 is 5.91 Å². The number of nitrogens with one attached hydrogen (secondary N) is 1. The summed E-state index contributed by atoms with van der Waals surface area (Å²) < 4.78 is 11.4. The van der Waals surface area contributed by atoms with Crippen molar-refractivity contribution in [1.82, 2.24) is 20.1 Å². The van der Waals surface area contributed by atoms with Gasteiger partial charge in [-0.15, -0.1) is 0 Å². The number of nitrogens with zero attached hydrogens (tertiary/aromatic N) is 3. The first-order valence-electron chi connectivity index (χ1n) is 9.91. The average molecular weight is 384 g/mol. The molecular weight excluding hydrogens is 356 g/mol. The minimum atomic E-state index is -0.267. The fraction of sp³-hybridized carbons (Fsp3) is 0.524. The van der Waals surface area contributed by atoms with Crippen LogP contribution in [0.5, 0.6) is 0 Å². The van der Waals surface area contributed by atoms with Gasteiger partial charge in [-0.2, -0.15) is 0 Å². The molecule has 2 aliphatic rings. The van der Waals surface area contributed by atoms with Gasteiger partial charge in [-0.25, -0.2) is 4.98 Å². The zero-order chi connectivity index (χ0) is 19.5. The van der Waals surface area contributed by atoms with E-state index < -0.39 is 0 Å². The highest BCUT2D eigenvalue weighted by Gasteiger charge is 2.26. The molecule has 1 saturated heterocycles. The van der Waals surface area contributed by atoms with Gasteiger partial charge in [-0.3, -0.25) is 9.69 Å². The van der Waals surface area contributed by atoms with Crippen LogP contribution in [0.1, 0.15) is 33.3 Å². The van der Waals surface area contributed by atoms with Gasteiger partial charge in [-0.05, 0) is 19.5 Å². The molecule has 0 spiro atoms. The lowest BCUT2D eigenvalue weighted by molar-refractivity contribution is -0.0176. The largest absolute Gasteiger partial charge is 0.437 e. The Morgan fingerprint density at radius 3 is 2.89 bits per heavy atom. The van der Waals surface area contributed by atoms with E-state index >= 15 is 0 Å². The first kappa shape index (κ1) is 19.1. The number of benzene rings is 1. The van der Waals surface area contributed by atoms with Crippen LogP contribution in [0.25, 0.3) is 0 Å². The molecule has 1 N–H and O–H groups in total. The topological polar surface area (TPSA) is 70.8 Å². The number of hydrogen-bond acceptors (Lipinski definition) is 6. The highest BCUT2D eigenvalue weighted by Crippen LogP contribution is 2.21. The second-order valence-electron chi connectivity index (χ2n) is 7.80. The molecule has 3 heterocycles. The summed E-state index contributed by atoms with van der Waals surface area (Å²) in [5.74, 6) is 0.724. The van der Waals surface area contributed by atoms with Crippen LogP contribution in [-0.4, -0.2) is 66.6 Å². The lowest BCUT2D eigenvalue weighted by Gasteiger charge is -2.29. The number of morpholine rings is 1. The summed E-state index contributed by atoms with van der Waals surface area (Å²) in [6, 6.07) is 8.60. The molecule has 1 aromatic heterocycles. The summed E-state index contributed by atoms with van der Waals surface area (Å²) in [7, 11) is 2.06. The molecule has 2 aromatic rings. The minimum Gasteiger partial charge on any atom is -0.437 e. The number of likely N-dealkylation sites (N-methyl/N-ethyl adjacent to an activating group) is 1. The normalized spacial score (nSPS) is 20.7. The molecule has 4 rings (SSSR count). The summed E-state index contributed by atoms with van der Waals surface area (Å²) in [5.41, 5.74) is 3.42. The number of carbonyl (C=O) groups is 1. The van der Waals surface area contributed by atoms with Gasteiger partial charge in [0.1, 0.15) is 5.76 Å². The maximum atomic E-state index is 12.4. The van der Waals surface area contributed by atoms with Crippen LogP contribution < -0.4 is 5.32 Å². The number of rotatable bonds is 5. The molecule has 0 bridgehead atoms. The van der Waals surface area contributed by atoms with Crippen molar-refractivity contribution in [2.75, 3.05) is 39.8 Å². The van der Waals surface area contributed by atoms with Gasteiger partial charge in [0, 0.05) is 45.7 Å². The third-order valence-corrected chi connectivity index (χ3v) is 5.36. The van der Waals surface area contributed by atoms with E-state index in [4.69, 9.17) is 9.15 Å². The summed E-state index contributed by atoms with van der Waals surface area (Å²) >= 11 is 0. The first-order valence-corrected chi connectivity index (χ1v) is 9.91. The lowest BCUT2D eigenvalue weighted by atomic mass is 10.1. The van der Waals surface area contributed by atoms with Crippen LogP contribution in [0.15, 0.2) is 28.7 Å². The van der Waals surface area contributed by atoms with Crippen molar-refractivity contribution in [3.63, 3.8) is 0 Å². The summed E-state index contributed by atoms with van der Waals surface area (Å²) in [4.78, 5) is 21.4. The fourth-order valence-corrected chi connectivity index (χ4v) is 3.71. The van der Waals surface area contributed by atoms with Crippen LogP contribution in [0, 0.1) is 6.92 Å². The highest BCUT2D eigenvalue weighted by molar-refractivity contribution is 5.89. The van der Waals surface area contributed by atoms with Gasteiger partial charge in [0.15, 0.2) is 0 Å². The molecule has 0 radical (unpaired) electrons. The van der Waals surface area contributed by atoms with Gasteiger partial charge in [0.2, 0.25) is 0 Å². The maximum Gasteiger partial charge on any atom is 0.307 e. The second-order valence-corrected chi connectivity index (χ2v) is 7.80. The molecule has 1 aromatic carbocycles. The Hall–Kier alpha value is -2.22. The highest BCUT2D eigenvalue weighted by atomic mass is 16.5. The molecule has 150 valence electrons. The van der Waals surface area contributed by atoms with E-state index in [1.54, 1.807) is 0 Å². The van der Waals surface area contributed by atoms with Crippen molar-refractivity contribution < 1.29 is 13.9 Å². The van der Waals surface area contributed by atoms with E-state index in [0.29, 0.717) is 19.7 Å². The number of aromatic nitrogens is 1. The molecule has 1 atom stereocenters. The standard InChI is InChI=1S/C21H28N4O3/c1-15-3-5-16(6-4-15)12-25-8-7-19-18(14-25)23-21(28-19)20(26)22-11-17-13-24(2)9-10-27-17/h3-6,17H,7-14H2,1-2H3,(H,22,26)/t17-/m0/s1. The van der Waals surface area contributed by atoms with E-state index in [1.807, 2.05) is 0 Å². The van der Waals surface area contributed by atoms with Crippen molar-refractivity contribution in [2.24, 2.45) is 0 Å². The quantitative estimate of drug-likeness (QED) is 0.844. The molecule has 0 unspecified atom stereocenters. The molecule has 28 heavy (non-hydrogen) atoms. The van der Waals surface area contributed by atoms with Crippen LogP contribution in [-0.2, 0) is 24.2 Å². The Labute approximate surface area is 165 Å². The predicted octanol–water partition coefficient (Wildman–Crippen LogP) is 1.60. The molecule has 0 aliphatic carbocycles. The fourth-order valence-electron chi connectivity index (χ4n) is 3.71. The number of carbonyl (C=O) groups excluding carboxylic acids is 1. The zero-order valence-electron chi connectivity index (χ0n) is 16.6. The van der Waals surface area contributed by atoms with Crippen LogP contribution in [0.3, 0.4) is 0 Å². The van der Waals surface area contributed by atoms with Crippen molar-refractivity contribution in [1.29, 1.82) is 0 Å². The second kappa shape index (κ2) is 8.43. The monoisotopic (exact) mass is 384 g/mol. The van der Waals surface area contributed by atoms with Crippen molar-refractivity contribution in [3.8, 4) is 0 Å². The molecular formula is C21H28N4O3. The van der Waals surface area contributed by atoms with E-state index in [-0.39, 0.29) is 17.9 Å². The van der Waals surface area contributed by atoms with Crippen LogP contribution >= 0.6 is 0 Å². The van der Waals surface area contributed by atoms with Gasteiger partial charge in [0.05, 0.1) is 18.4 Å². The van der Waals surface area contributed by atoms with Gasteiger partial charge in [0.25, 0.3) is 5.89 Å². The number of ether oxygens (including phenoxy) is 1. The van der Waals surface area contributed by atoms with Crippen molar-refractivity contribution >= 4 is 5.91 Å². The van der Waals surface area contributed by atoms with Crippen molar-refractivity contribution in [2.45, 2.75) is 32.5 Å². The summed E-state index contributed by atoms with van der Waals surface area (Å²) in [6.45, 7) is 7.48. The lowest BCUT2D eigenvalue weighted by Crippen LogP contribution is -2.45. The molecule has 0 saturated carbocycles. The smallest absolute Gasteiger partial charge is 0.307 e. The van der Waals surface area contributed by atoms with E-state index in [0.717, 1.165) is 44.1 Å². The Morgan fingerprint density at radius 1 is 1.29 bits per heavy atom. The molecule has 7 heteroatoms. The first-order chi connectivity index (χ1) is 13.6. The third-order valence-electron chi connectivity index (χ3n) is 5.36. The Morgan fingerprint density at radius 2 is 2.11 bits per heavy atom. The predicted molar refractivity (Wildman–Crippen MR) is 105 cm³/mol. The number of fused-ring (bicyclic) bond motifs is 1. The van der Waals surface area contributed by atoms with E-state index in [2.05, 4.69) is 58.3 Å². The molecule has 1 amide bonds. The van der Waals surface area contributed by atoms with Gasteiger partial charge in [-0.1, -0.05) is 29.8 Å². The maximum absolute atomic E-state index is 12.4. The van der Waals surface area contributed by atoms with E-state index in [1.165, 1.54) is 11.1 Å². The Kier molecular flexibility index (Phi) is 5.75. The summed E-state index contributed by atoms with van der Waals surface area (Å²) in [6.07, 6.45) is 0.787. The Bertz CT molecular complexity index is 818. The number of oxazole rings is 1. The molecule has 2 aliphatic heterocycles. The minimum absolute atomic E-state index is 0.0114. The van der Waals surface area contributed by atoms with E-state index in [9.17, 15) is 4.79 Å². The SMILES string of the molecule is Cc1ccc(CN2CCc3oc(C(=O)NC[C@H]4CN(C)CCO4)nc3C2)cc1. The molecule has 7 nitrogen and oxygen atoms in total. The number of aryl methyl sites for hydroxylation is 1. The van der Waals surface area contributed by atoms with Crippen molar-refractivity contribution in [3.05, 3.63) is 52.7 Å². The van der Waals surface area contributed by atoms with Crippen LogP contribution in [0.4, 0.5) is 0 Å². The average Bonchev–Trinajstić information content (AvgIpc) is 3.11. The van der Waals surface area contributed by atoms with Crippen LogP contribution in [0.2, 0.25) is 0 Å². The molecule has 1 fully saturated rings. The zero-order valence-corrected chi connectivity index (χ0v) is 16.6. The Balaban J connectivity index is 1.32. The number of hydrogen-bond donors (Lipinski definition) is 1. The summed E-state index contributed by atoms with van der Waals surface area (Å²) in [5, 5.41) is 2.89. The van der Waals surface area contributed by atoms with Gasteiger partial charge < -0.3 is 19.4 Å².